The van der Waals surface area contributed by atoms with Crippen LogP contribution in [0.5, 0.6) is 0 Å². The summed E-state index contributed by atoms with van der Waals surface area (Å²) >= 11 is 7.60. The molecule has 1 heterocycles. The van der Waals surface area contributed by atoms with Gasteiger partial charge in [0.15, 0.2) is 0 Å². The second-order valence-electron chi connectivity index (χ2n) is 4.48. The summed E-state index contributed by atoms with van der Waals surface area (Å²) in [5, 5.41) is 13.8. The molecule has 0 amide bonds. The van der Waals surface area contributed by atoms with Gasteiger partial charge in [-0.25, -0.2) is 4.39 Å². The molecule has 1 aliphatic heterocycles. The highest BCUT2D eigenvalue weighted by atomic mass is 35.5. The molecule has 1 saturated heterocycles. The maximum Gasteiger partial charge on any atom is 0.295 e. The van der Waals surface area contributed by atoms with E-state index in [4.69, 9.17) is 11.6 Å². The predicted molar refractivity (Wildman–Crippen MR) is 76.6 cm³/mol. The van der Waals surface area contributed by atoms with E-state index in [0.29, 0.717) is 12.5 Å². The Labute approximate surface area is 119 Å². The minimum absolute atomic E-state index is 0.104. The van der Waals surface area contributed by atoms with Gasteiger partial charge in [-0.1, -0.05) is 11.6 Å². The molecule has 104 valence electrons. The van der Waals surface area contributed by atoms with Crippen molar-refractivity contribution in [1.82, 2.24) is 0 Å². The minimum Gasteiger partial charge on any atom is -0.379 e. The predicted octanol–water partition coefficient (Wildman–Crippen LogP) is 3.94. The quantitative estimate of drug-likeness (QED) is 0.676. The number of halogens is 2. The van der Waals surface area contributed by atoms with Crippen molar-refractivity contribution >= 4 is 34.7 Å². The zero-order valence-electron chi connectivity index (χ0n) is 10.2. The zero-order chi connectivity index (χ0) is 13.8. The summed E-state index contributed by atoms with van der Waals surface area (Å²) in [6, 6.07) is 2.15. The number of nitrogens with one attached hydrogen (secondary N) is 1. The molecule has 2 rings (SSSR count). The lowest BCUT2D eigenvalue weighted by Gasteiger charge is -2.22. The van der Waals surface area contributed by atoms with E-state index in [9.17, 15) is 14.5 Å². The molecule has 1 N–H and O–H groups in total. The Bertz CT molecular complexity index is 481. The van der Waals surface area contributed by atoms with E-state index in [0.717, 1.165) is 30.4 Å². The third kappa shape index (κ3) is 3.73. The first kappa shape index (κ1) is 14.4. The van der Waals surface area contributed by atoms with Crippen molar-refractivity contribution in [2.24, 2.45) is 5.92 Å². The number of hydrogen-bond donors (Lipinski definition) is 1. The van der Waals surface area contributed by atoms with E-state index < -0.39 is 10.7 Å². The van der Waals surface area contributed by atoms with Gasteiger partial charge in [0.1, 0.15) is 11.5 Å². The summed E-state index contributed by atoms with van der Waals surface area (Å²) in [7, 11) is 0. The summed E-state index contributed by atoms with van der Waals surface area (Å²) in [6.07, 6.45) is 2.20. The van der Waals surface area contributed by atoms with Crippen molar-refractivity contribution in [3.8, 4) is 0 Å². The van der Waals surface area contributed by atoms with Crippen molar-refractivity contribution in [3.63, 3.8) is 0 Å². The van der Waals surface area contributed by atoms with Crippen LogP contribution in [0, 0.1) is 21.8 Å². The molecule has 7 heteroatoms. The summed E-state index contributed by atoms with van der Waals surface area (Å²) in [6.45, 7) is 0.656. The van der Waals surface area contributed by atoms with E-state index in [-0.39, 0.29) is 16.4 Å². The molecule has 0 aromatic heterocycles. The second-order valence-corrected chi connectivity index (χ2v) is 6.11. The highest BCUT2D eigenvalue weighted by Gasteiger charge is 2.19. The van der Waals surface area contributed by atoms with Crippen LogP contribution in [-0.2, 0) is 0 Å². The molecule has 0 radical (unpaired) electrons. The third-order valence-electron chi connectivity index (χ3n) is 3.16. The number of rotatable bonds is 4. The van der Waals surface area contributed by atoms with Gasteiger partial charge in [0.2, 0.25) is 0 Å². The van der Waals surface area contributed by atoms with Crippen molar-refractivity contribution in [2.75, 3.05) is 23.4 Å². The third-order valence-corrected chi connectivity index (χ3v) is 4.50. The number of nitrogens with zero attached hydrogens (tertiary/aromatic N) is 1. The normalized spacial score (nSPS) is 16.3. The largest absolute Gasteiger partial charge is 0.379 e. The number of nitro groups is 1. The fraction of sp³-hybridized carbons (Fsp3) is 0.500. The molecule has 0 spiro atoms. The SMILES string of the molecule is O=[N+]([O-])c1cc(F)c(Cl)cc1NCC1CCSCC1. The summed E-state index contributed by atoms with van der Waals surface area (Å²) in [5.41, 5.74) is 0.0155. The molecule has 1 aliphatic rings. The average molecular weight is 305 g/mol. The molecular formula is C12H14ClFN2O2S. The van der Waals surface area contributed by atoms with Crippen LogP contribution in [0.1, 0.15) is 12.8 Å². The van der Waals surface area contributed by atoms with Crippen LogP contribution in [-0.4, -0.2) is 23.0 Å². The maximum atomic E-state index is 13.2. The first-order valence-corrected chi connectivity index (χ1v) is 7.56. The molecular weight excluding hydrogens is 291 g/mol. The van der Waals surface area contributed by atoms with Gasteiger partial charge in [0, 0.05) is 6.54 Å². The Balaban J connectivity index is 2.09. The van der Waals surface area contributed by atoms with Gasteiger partial charge in [-0.15, -0.1) is 0 Å². The number of thioether (sulfide) groups is 1. The lowest BCUT2D eigenvalue weighted by Crippen LogP contribution is -2.19. The minimum atomic E-state index is -0.770. The van der Waals surface area contributed by atoms with E-state index in [1.54, 1.807) is 0 Å². The molecule has 1 fully saturated rings. The van der Waals surface area contributed by atoms with Crippen LogP contribution in [0.15, 0.2) is 12.1 Å². The van der Waals surface area contributed by atoms with Crippen molar-refractivity contribution in [2.45, 2.75) is 12.8 Å². The molecule has 19 heavy (non-hydrogen) atoms. The van der Waals surface area contributed by atoms with Crippen LogP contribution < -0.4 is 5.32 Å². The molecule has 1 aromatic carbocycles. The molecule has 0 saturated carbocycles. The van der Waals surface area contributed by atoms with Gasteiger partial charge in [-0.3, -0.25) is 10.1 Å². The summed E-state index contributed by atoms with van der Waals surface area (Å²) in [5.74, 6) is 1.98. The number of benzene rings is 1. The highest BCUT2D eigenvalue weighted by Crippen LogP contribution is 2.31. The number of anilines is 1. The molecule has 0 unspecified atom stereocenters. The van der Waals surface area contributed by atoms with Crippen molar-refractivity contribution < 1.29 is 9.31 Å². The van der Waals surface area contributed by atoms with Crippen LogP contribution >= 0.6 is 23.4 Å². The summed E-state index contributed by atoms with van der Waals surface area (Å²) in [4.78, 5) is 10.3. The fourth-order valence-corrected chi connectivity index (χ4v) is 3.40. The molecule has 0 atom stereocenters. The summed E-state index contributed by atoms with van der Waals surface area (Å²) < 4.78 is 13.2. The van der Waals surface area contributed by atoms with Gasteiger partial charge in [0.25, 0.3) is 5.69 Å². The van der Waals surface area contributed by atoms with E-state index in [1.807, 2.05) is 11.8 Å². The number of nitro benzene ring substituents is 1. The molecule has 0 bridgehead atoms. The molecule has 1 aromatic rings. The molecule has 0 aliphatic carbocycles. The van der Waals surface area contributed by atoms with Crippen LogP contribution in [0.25, 0.3) is 0 Å². The standard InChI is InChI=1S/C12H14ClFN2O2S/c13-9-5-11(12(16(17)18)6-10(9)14)15-7-8-1-3-19-4-2-8/h5-6,8,15H,1-4,7H2. The van der Waals surface area contributed by atoms with Gasteiger partial charge in [-0.05, 0) is 36.3 Å². The zero-order valence-corrected chi connectivity index (χ0v) is 11.8. The monoisotopic (exact) mass is 304 g/mol. The Morgan fingerprint density at radius 3 is 2.79 bits per heavy atom. The maximum absolute atomic E-state index is 13.2. The van der Waals surface area contributed by atoms with Crippen molar-refractivity contribution in [1.29, 1.82) is 0 Å². The van der Waals surface area contributed by atoms with E-state index in [1.165, 1.54) is 6.07 Å². The van der Waals surface area contributed by atoms with E-state index >= 15 is 0 Å². The van der Waals surface area contributed by atoms with Crippen LogP contribution in [0.3, 0.4) is 0 Å². The molecule has 4 nitrogen and oxygen atoms in total. The highest BCUT2D eigenvalue weighted by molar-refractivity contribution is 7.99. The van der Waals surface area contributed by atoms with E-state index in [2.05, 4.69) is 5.32 Å². The number of hydrogen-bond acceptors (Lipinski definition) is 4. The fourth-order valence-electron chi connectivity index (χ4n) is 2.03. The smallest absolute Gasteiger partial charge is 0.295 e. The van der Waals surface area contributed by atoms with Gasteiger partial charge in [0.05, 0.1) is 16.0 Å². The van der Waals surface area contributed by atoms with Gasteiger partial charge >= 0.3 is 0 Å². The Kier molecular flexibility index (Phi) is 4.87. The van der Waals surface area contributed by atoms with Gasteiger partial charge in [-0.2, -0.15) is 11.8 Å². The first-order chi connectivity index (χ1) is 9.08. The second kappa shape index (κ2) is 6.43. The Morgan fingerprint density at radius 1 is 1.47 bits per heavy atom. The lowest BCUT2D eigenvalue weighted by molar-refractivity contribution is -0.384. The topological polar surface area (TPSA) is 55.2 Å². The Morgan fingerprint density at radius 2 is 2.16 bits per heavy atom. The lowest BCUT2D eigenvalue weighted by atomic mass is 10.0. The van der Waals surface area contributed by atoms with Crippen molar-refractivity contribution in [3.05, 3.63) is 33.1 Å². The Hall–Kier alpha value is -1.01. The average Bonchev–Trinajstić information content (AvgIpc) is 2.40. The van der Waals surface area contributed by atoms with Crippen LogP contribution in [0.2, 0.25) is 5.02 Å². The first-order valence-electron chi connectivity index (χ1n) is 6.03. The van der Waals surface area contributed by atoms with Gasteiger partial charge < -0.3 is 5.32 Å². The van der Waals surface area contributed by atoms with Crippen LogP contribution in [0.4, 0.5) is 15.8 Å².